The van der Waals surface area contributed by atoms with E-state index in [1.54, 1.807) is 6.92 Å². The van der Waals surface area contributed by atoms with Gasteiger partial charge in [-0.25, -0.2) is 0 Å². The molecule has 0 aromatic rings. The SMILES string of the molecule is CC(=O)N1CCC(NCCCN2CCCC2)C1. The van der Waals surface area contributed by atoms with E-state index in [1.807, 2.05) is 4.90 Å². The van der Waals surface area contributed by atoms with Gasteiger partial charge in [0, 0.05) is 26.1 Å². The van der Waals surface area contributed by atoms with Crippen LogP contribution in [0, 0.1) is 0 Å². The van der Waals surface area contributed by atoms with E-state index in [-0.39, 0.29) is 5.91 Å². The number of hydrogen-bond acceptors (Lipinski definition) is 3. The first-order valence-corrected chi connectivity index (χ1v) is 6.97. The van der Waals surface area contributed by atoms with Crippen molar-refractivity contribution in [3.05, 3.63) is 0 Å². The number of carbonyl (C=O) groups excluding carboxylic acids is 1. The lowest BCUT2D eigenvalue weighted by Crippen LogP contribution is -2.35. The first kappa shape index (κ1) is 12.8. The van der Waals surface area contributed by atoms with Crippen molar-refractivity contribution in [2.24, 2.45) is 0 Å². The van der Waals surface area contributed by atoms with Crippen molar-refractivity contribution in [2.45, 2.75) is 38.6 Å². The summed E-state index contributed by atoms with van der Waals surface area (Å²) in [5, 5.41) is 3.57. The lowest BCUT2D eigenvalue weighted by atomic mass is 10.2. The van der Waals surface area contributed by atoms with Gasteiger partial charge in [0.25, 0.3) is 0 Å². The zero-order chi connectivity index (χ0) is 12.1. The molecule has 0 spiro atoms. The Morgan fingerprint density at radius 3 is 2.71 bits per heavy atom. The molecular weight excluding hydrogens is 214 g/mol. The van der Waals surface area contributed by atoms with Crippen molar-refractivity contribution in [1.29, 1.82) is 0 Å². The highest BCUT2D eigenvalue weighted by molar-refractivity contribution is 5.73. The second kappa shape index (κ2) is 6.36. The van der Waals surface area contributed by atoms with E-state index in [1.165, 1.54) is 38.9 Å². The fourth-order valence-electron chi connectivity index (χ4n) is 2.83. The number of rotatable bonds is 5. The van der Waals surface area contributed by atoms with E-state index in [9.17, 15) is 4.79 Å². The highest BCUT2D eigenvalue weighted by atomic mass is 16.2. The molecule has 2 aliphatic rings. The van der Waals surface area contributed by atoms with Crippen LogP contribution in [0.5, 0.6) is 0 Å². The van der Waals surface area contributed by atoms with Gasteiger partial charge in [0.05, 0.1) is 0 Å². The Morgan fingerprint density at radius 1 is 1.29 bits per heavy atom. The maximum Gasteiger partial charge on any atom is 0.219 e. The molecule has 4 heteroatoms. The molecule has 1 N–H and O–H groups in total. The van der Waals surface area contributed by atoms with Crippen LogP contribution in [0.1, 0.15) is 32.6 Å². The van der Waals surface area contributed by atoms with Crippen molar-refractivity contribution in [2.75, 3.05) is 39.3 Å². The summed E-state index contributed by atoms with van der Waals surface area (Å²) in [6.45, 7) is 8.40. The van der Waals surface area contributed by atoms with Crippen molar-refractivity contribution >= 4 is 5.91 Å². The van der Waals surface area contributed by atoms with Gasteiger partial charge in [-0.1, -0.05) is 0 Å². The van der Waals surface area contributed by atoms with Crippen LogP contribution in [0.25, 0.3) is 0 Å². The highest BCUT2D eigenvalue weighted by Gasteiger charge is 2.23. The highest BCUT2D eigenvalue weighted by Crippen LogP contribution is 2.10. The molecule has 0 saturated carbocycles. The van der Waals surface area contributed by atoms with Gasteiger partial charge in [0.1, 0.15) is 0 Å². The molecule has 17 heavy (non-hydrogen) atoms. The second-order valence-electron chi connectivity index (χ2n) is 5.31. The smallest absolute Gasteiger partial charge is 0.219 e. The Balaban J connectivity index is 1.52. The second-order valence-corrected chi connectivity index (χ2v) is 5.31. The molecule has 2 rings (SSSR count). The number of amides is 1. The molecule has 1 unspecified atom stereocenters. The molecule has 0 aromatic heterocycles. The van der Waals surface area contributed by atoms with E-state index >= 15 is 0 Å². The number of nitrogens with zero attached hydrogens (tertiary/aromatic N) is 2. The molecule has 1 atom stereocenters. The monoisotopic (exact) mass is 239 g/mol. The van der Waals surface area contributed by atoms with Crippen LogP contribution in [0.15, 0.2) is 0 Å². The minimum atomic E-state index is 0.214. The van der Waals surface area contributed by atoms with Gasteiger partial charge in [-0.2, -0.15) is 0 Å². The molecule has 2 saturated heterocycles. The molecule has 0 aliphatic carbocycles. The average molecular weight is 239 g/mol. The molecule has 2 heterocycles. The van der Waals surface area contributed by atoms with Crippen LogP contribution in [0.3, 0.4) is 0 Å². The summed E-state index contributed by atoms with van der Waals surface area (Å²) in [4.78, 5) is 15.7. The minimum Gasteiger partial charge on any atom is -0.341 e. The van der Waals surface area contributed by atoms with Crippen LogP contribution in [0.4, 0.5) is 0 Å². The van der Waals surface area contributed by atoms with Gasteiger partial charge < -0.3 is 15.1 Å². The van der Waals surface area contributed by atoms with Crippen LogP contribution in [-0.2, 0) is 4.79 Å². The fourth-order valence-corrected chi connectivity index (χ4v) is 2.83. The fraction of sp³-hybridized carbons (Fsp3) is 0.923. The molecule has 0 radical (unpaired) electrons. The summed E-state index contributed by atoms with van der Waals surface area (Å²) in [5.74, 6) is 0.214. The molecule has 2 fully saturated rings. The normalized spacial score (nSPS) is 25.7. The van der Waals surface area contributed by atoms with Crippen LogP contribution in [-0.4, -0.2) is 61.0 Å². The summed E-state index contributed by atoms with van der Waals surface area (Å²) in [6, 6.07) is 0.525. The number of likely N-dealkylation sites (tertiary alicyclic amines) is 2. The standard InChI is InChI=1S/C13H25N3O/c1-12(17)16-10-5-13(11-16)14-6-4-9-15-7-2-3-8-15/h13-14H,2-11H2,1H3. The first-order chi connectivity index (χ1) is 8.25. The Kier molecular flexibility index (Phi) is 4.80. The maximum atomic E-state index is 11.2. The van der Waals surface area contributed by atoms with Crippen molar-refractivity contribution in [3.8, 4) is 0 Å². The summed E-state index contributed by atoms with van der Waals surface area (Å²) in [7, 11) is 0. The largest absolute Gasteiger partial charge is 0.341 e. The van der Waals surface area contributed by atoms with Crippen molar-refractivity contribution < 1.29 is 4.79 Å². The number of nitrogens with one attached hydrogen (secondary N) is 1. The quantitative estimate of drug-likeness (QED) is 0.717. The van der Waals surface area contributed by atoms with Crippen molar-refractivity contribution in [1.82, 2.24) is 15.1 Å². The van der Waals surface area contributed by atoms with Gasteiger partial charge >= 0.3 is 0 Å². The van der Waals surface area contributed by atoms with Gasteiger partial charge in [0.15, 0.2) is 0 Å². The van der Waals surface area contributed by atoms with Crippen LogP contribution < -0.4 is 5.32 Å². The van der Waals surface area contributed by atoms with E-state index in [0.717, 1.165) is 26.1 Å². The predicted molar refractivity (Wildman–Crippen MR) is 69.0 cm³/mol. The number of carbonyl (C=O) groups is 1. The van der Waals surface area contributed by atoms with Crippen LogP contribution in [0.2, 0.25) is 0 Å². The maximum absolute atomic E-state index is 11.2. The Bertz CT molecular complexity index is 251. The van der Waals surface area contributed by atoms with E-state index in [2.05, 4.69) is 10.2 Å². The van der Waals surface area contributed by atoms with E-state index in [0.29, 0.717) is 6.04 Å². The Labute approximate surface area is 104 Å². The number of hydrogen-bond donors (Lipinski definition) is 1. The summed E-state index contributed by atoms with van der Waals surface area (Å²) < 4.78 is 0. The molecule has 0 aromatic carbocycles. The third-order valence-corrected chi connectivity index (χ3v) is 3.92. The summed E-state index contributed by atoms with van der Waals surface area (Å²) in [5.41, 5.74) is 0. The van der Waals surface area contributed by atoms with Crippen molar-refractivity contribution in [3.63, 3.8) is 0 Å². The third kappa shape index (κ3) is 3.96. The van der Waals surface area contributed by atoms with Gasteiger partial charge in [-0.3, -0.25) is 4.79 Å². The molecule has 2 aliphatic heterocycles. The molecule has 1 amide bonds. The average Bonchev–Trinajstić information content (AvgIpc) is 2.96. The minimum absolute atomic E-state index is 0.214. The molecule has 4 nitrogen and oxygen atoms in total. The topological polar surface area (TPSA) is 35.6 Å². The zero-order valence-corrected chi connectivity index (χ0v) is 11.0. The lowest BCUT2D eigenvalue weighted by molar-refractivity contribution is -0.127. The van der Waals surface area contributed by atoms with E-state index < -0.39 is 0 Å². The van der Waals surface area contributed by atoms with Gasteiger partial charge in [-0.15, -0.1) is 0 Å². The van der Waals surface area contributed by atoms with Gasteiger partial charge in [0.2, 0.25) is 5.91 Å². The lowest BCUT2D eigenvalue weighted by Gasteiger charge is -2.17. The van der Waals surface area contributed by atoms with E-state index in [4.69, 9.17) is 0 Å². The predicted octanol–water partition coefficient (Wildman–Crippen LogP) is 0.683. The molecule has 0 bridgehead atoms. The summed E-state index contributed by atoms with van der Waals surface area (Å²) >= 11 is 0. The Morgan fingerprint density at radius 2 is 2.06 bits per heavy atom. The molecular formula is C13H25N3O. The summed E-state index contributed by atoms with van der Waals surface area (Å²) in [6.07, 6.45) is 5.10. The zero-order valence-electron chi connectivity index (χ0n) is 11.0. The third-order valence-electron chi connectivity index (χ3n) is 3.92. The first-order valence-electron chi connectivity index (χ1n) is 6.97. The van der Waals surface area contributed by atoms with Crippen LogP contribution >= 0.6 is 0 Å². The van der Waals surface area contributed by atoms with Gasteiger partial charge in [-0.05, 0) is 51.9 Å². The Hall–Kier alpha value is -0.610. The molecule has 98 valence electrons.